The van der Waals surface area contributed by atoms with Crippen molar-refractivity contribution in [2.24, 2.45) is 0 Å². The molecule has 3 N–H and O–H groups in total. The van der Waals surface area contributed by atoms with Crippen molar-refractivity contribution >= 4 is 41.4 Å². The Morgan fingerprint density at radius 1 is 0.879 bits per heavy atom. The highest BCUT2D eigenvalue weighted by atomic mass is 19.1. The number of para-hydroxylation sites is 1. The van der Waals surface area contributed by atoms with Crippen molar-refractivity contribution in [3.8, 4) is 16.9 Å². The van der Waals surface area contributed by atoms with Gasteiger partial charge in [0.05, 0.1) is 29.5 Å². The van der Waals surface area contributed by atoms with Crippen molar-refractivity contribution in [3.05, 3.63) is 119 Å². The predicted molar refractivity (Wildman–Crippen MR) is 243 cm³/mol. The fourth-order valence-corrected chi connectivity index (χ4v) is 9.45. The molecule has 6 amide bonds. The molecule has 18 heteroatoms. The molecule has 9 rings (SSSR count). The van der Waals surface area contributed by atoms with Gasteiger partial charge in [0.2, 0.25) is 17.8 Å². The summed E-state index contributed by atoms with van der Waals surface area (Å²) in [4.78, 5) is 81.5. The van der Waals surface area contributed by atoms with Gasteiger partial charge in [-0.1, -0.05) is 36.4 Å². The fraction of sp³-hybridized carbons (Fsp3) is 0.375. The van der Waals surface area contributed by atoms with Crippen LogP contribution in [0.4, 0.5) is 21.0 Å². The van der Waals surface area contributed by atoms with E-state index >= 15 is 0 Å². The first kappa shape index (κ1) is 44.3. The zero-order chi connectivity index (χ0) is 45.9. The Hall–Kier alpha value is -6.89. The van der Waals surface area contributed by atoms with Crippen LogP contribution in [0.5, 0.6) is 0 Å². The SMILES string of the molecule is COCCN1C[C@@H](NC(=O)Nc2c(C)c(-c3cnc(N4CCN(CCCc5ccc6c(c5)C(=O)N(C5CCC(=O)NC5=O)C6=O)CC4)nc3)nn2-c2ccccc2)[C@H](c2cccc(F)c2)C1. The van der Waals surface area contributed by atoms with Gasteiger partial charge in [0, 0.05) is 88.8 Å². The lowest BCUT2D eigenvalue weighted by molar-refractivity contribution is -0.136. The summed E-state index contributed by atoms with van der Waals surface area (Å²) in [5, 5.41) is 13.5. The molecule has 0 radical (unpaired) electrons. The molecule has 342 valence electrons. The highest BCUT2D eigenvalue weighted by Gasteiger charge is 2.44. The number of piperazine rings is 1. The molecule has 17 nitrogen and oxygen atoms in total. The number of rotatable bonds is 14. The fourth-order valence-electron chi connectivity index (χ4n) is 9.45. The minimum Gasteiger partial charge on any atom is -0.383 e. The molecule has 3 atom stereocenters. The summed E-state index contributed by atoms with van der Waals surface area (Å²) < 4.78 is 21.3. The third kappa shape index (κ3) is 9.29. The summed E-state index contributed by atoms with van der Waals surface area (Å²) in [5.41, 5.74) is 5.17. The number of hydrogen-bond donors (Lipinski definition) is 3. The Kier molecular flexibility index (Phi) is 13.0. The minimum atomic E-state index is -0.987. The zero-order valence-corrected chi connectivity index (χ0v) is 36.9. The molecule has 6 heterocycles. The summed E-state index contributed by atoms with van der Waals surface area (Å²) in [6.45, 7) is 8.33. The minimum absolute atomic E-state index is 0.0780. The van der Waals surface area contributed by atoms with E-state index in [0.717, 1.165) is 66.4 Å². The largest absolute Gasteiger partial charge is 0.383 e. The number of nitrogens with one attached hydrogen (secondary N) is 3. The van der Waals surface area contributed by atoms with Gasteiger partial charge in [-0.05, 0) is 80.3 Å². The first-order chi connectivity index (χ1) is 32.0. The number of likely N-dealkylation sites (tertiary alicyclic amines) is 1. The average Bonchev–Trinajstić information content (AvgIpc) is 3.96. The molecule has 4 aliphatic rings. The number of aryl methyl sites for hydroxylation is 1. The number of nitrogens with zero attached hydrogens (tertiary/aromatic N) is 8. The first-order valence-corrected chi connectivity index (χ1v) is 22.4. The van der Waals surface area contributed by atoms with Crippen LogP contribution in [0, 0.1) is 12.7 Å². The molecule has 0 saturated carbocycles. The molecule has 4 aliphatic heterocycles. The van der Waals surface area contributed by atoms with Crippen LogP contribution in [-0.4, -0.2) is 142 Å². The zero-order valence-electron chi connectivity index (χ0n) is 36.9. The molecule has 1 unspecified atom stereocenters. The number of benzene rings is 3. The maximum absolute atomic E-state index is 14.3. The monoisotopic (exact) mass is 897 g/mol. The lowest BCUT2D eigenvalue weighted by atomic mass is 9.94. The van der Waals surface area contributed by atoms with Crippen molar-refractivity contribution in [2.45, 2.75) is 50.6 Å². The number of hydrogen-bond acceptors (Lipinski definition) is 12. The van der Waals surface area contributed by atoms with Crippen LogP contribution < -0.4 is 20.9 Å². The first-order valence-electron chi connectivity index (χ1n) is 22.4. The van der Waals surface area contributed by atoms with Gasteiger partial charge < -0.3 is 15.0 Å². The number of amides is 6. The summed E-state index contributed by atoms with van der Waals surface area (Å²) in [6, 6.07) is 19.7. The molecular weight excluding hydrogens is 846 g/mol. The van der Waals surface area contributed by atoms with Gasteiger partial charge in [-0.2, -0.15) is 5.10 Å². The molecule has 2 aromatic heterocycles. The van der Waals surface area contributed by atoms with Crippen LogP contribution in [0.1, 0.15) is 62.6 Å². The summed E-state index contributed by atoms with van der Waals surface area (Å²) in [7, 11) is 1.66. The van der Waals surface area contributed by atoms with E-state index < -0.39 is 35.7 Å². The van der Waals surface area contributed by atoms with Gasteiger partial charge >= 0.3 is 6.03 Å². The lowest BCUT2D eigenvalue weighted by Crippen LogP contribution is -2.54. The molecule has 0 spiro atoms. The van der Waals surface area contributed by atoms with Crippen molar-refractivity contribution in [1.82, 2.24) is 45.1 Å². The molecule has 66 heavy (non-hydrogen) atoms. The number of carbonyl (C=O) groups is 5. The number of urea groups is 1. The van der Waals surface area contributed by atoms with Gasteiger partial charge in [-0.15, -0.1) is 0 Å². The Bertz CT molecular complexity index is 2640. The van der Waals surface area contributed by atoms with Crippen LogP contribution in [0.25, 0.3) is 16.9 Å². The number of aromatic nitrogens is 4. The number of piperidine rings is 1. The molecule has 0 aliphatic carbocycles. The number of halogens is 1. The van der Waals surface area contributed by atoms with Gasteiger partial charge in [0.25, 0.3) is 11.8 Å². The third-order valence-corrected chi connectivity index (χ3v) is 13.0. The van der Waals surface area contributed by atoms with Crippen LogP contribution >= 0.6 is 0 Å². The highest BCUT2D eigenvalue weighted by molar-refractivity contribution is 6.23. The van der Waals surface area contributed by atoms with Gasteiger partial charge in [-0.3, -0.25) is 44.5 Å². The summed E-state index contributed by atoms with van der Waals surface area (Å²) in [5.74, 6) is -1.35. The van der Waals surface area contributed by atoms with E-state index in [-0.39, 0.29) is 36.2 Å². The second-order valence-corrected chi connectivity index (χ2v) is 17.2. The Balaban J connectivity index is 0.811. The Labute approximate surface area is 381 Å². The molecule has 5 aromatic rings. The summed E-state index contributed by atoms with van der Waals surface area (Å²) in [6.07, 6.45) is 5.29. The third-order valence-electron chi connectivity index (χ3n) is 13.0. The van der Waals surface area contributed by atoms with Gasteiger partial charge in [0.15, 0.2) is 0 Å². The number of carbonyl (C=O) groups excluding carboxylic acids is 5. The van der Waals surface area contributed by atoms with Crippen molar-refractivity contribution in [3.63, 3.8) is 0 Å². The number of methoxy groups -OCH3 is 1. The Morgan fingerprint density at radius 3 is 2.39 bits per heavy atom. The van der Waals surface area contributed by atoms with E-state index in [2.05, 4.69) is 30.7 Å². The van der Waals surface area contributed by atoms with Crippen molar-refractivity contribution in [1.29, 1.82) is 0 Å². The van der Waals surface area contributed by atoms with E-state index in [0.29, 0.717) is 61.2 Å². The number of fused-ring (bicyclic) bond motifs is 1. The predicted octanol–water partition coefficient (Wildman–Crippen LogP) is 4.17. The lowest BCUT2D eigenvalue weighted by Gasteiger charge is -2.34. The number of anilines is 2. The second-order valence-electron chi connectivity index (χ2n) is 17.2. The normalized spacial score (nSPS) is 20.2. The molecule has 0 bridgehead atoms. The molecule has 3 aromatic carbocycles. The number of ether oxygens (including phenoxy) is 1. The van der Waals surface area contributed by atoms with Crippen molar-refractivity contribution in [2.75, 3.05) is 76.3 Å². The van der Waals surface area contributed by atoms with Crippen LogP contribution in [0.3, 0.4) is 0 Å². The standard InChI is InChI=1S/C48H52FN11O6/c1-30-42(55-60(35-11-4-3-5-12-35)43(30)54-48(65)52-39-29-57(22-23-66-2)28-38(39)32-9-6-10-34(49)25-32)33-26-50-47(51-27-33)58-20-18-56(19-21-58)17-7-8-31-13-14-36-37(24-31)46(64)59(45(36)63)40-15-16-41(61)53-44(40)62/h3-6,9-14,24-27,38-40H,7-8,15-23,28-29H2,1-2H3,(H2,52,54,65)(H,53,61,62)/t38-,39+,40?/m0/s1. The van der Waals surface area contributed by atoms with Gasteiger partial charge in [-0.25, -0.2) is 23.8 Å². The van der Waals surface area contributed by atoms with E-state index in [9.17, 15) is 28.4 Å². The maximum atomic E-state index is 14.3. The molecule has 3 fully saturated rings. The molecule has 3 saturated heterocycles. The topological polar surface area (TPSA) is 187 Å². The quantitative estimate of drug-likeness (QED) is 0.135. The smallest absolute Gasteiger partial charge is 0.320 e. The van der Waals surface area contributed by atoms with E-state index in [4.69, 9.17) is 19.8 Å². The van der Waals surface area contributed by atoms with E-state index in [1.54, 1.807) is 42.4 Å². The maximum Gasteiger partial charge on any atom is 0.320 e. The van der Waals surface area contributed by atoms with Crippen LogP contribution in [-0.2, 0) is 20.7 Å². The van der Waals surface area contributed by atoms with E-state index in [1.165, 1.54) is 12.1 Å². The van der Waals surface area contributed by atoms with Crippen LogP contribution in [0.2, 0.25) is 0 Å². The molecular formula is C48H52FN11O6. The Morgan fingerprint density at radius 2 is 1.65 bits per heavy atom. The number of imide groups is 2. The van der Waals surface area contributed by atoms with Gasteiger partial charge in [0.1, 0.15) is 23.4 Å². The summed E-state index contributed by atoms with van der Waals surface area (Å²) >= 11 is 0. The average molecular weight is 898 g/mol. The van der Waals surface area contributed by atoms with Crippen molar-refractivity contribution < 1.29 is 33.1 Å². The highest BCUT2D eigenvalue weighted by Crippen LogP contribution is 2.33. The van der Waals surface area contributed by atoms with E-state index in [1.807, 2.05) is 49.4 Å². The van der Waals surface area contributed by atoms with Crippen LogP contribution in [0.15, 0.2) is 85.2 Å². The second kappa shape index (κ2) is 19.3.